The van der Waals surface area contributed by atoms with Crippen LogP contribution in [0.2, 0.25) is 15.1 Å². The first kappa shape index (κ1) is 14.3. The average molecular weight is 339 g/mol. The van der Waals surface area contributed by atoms with Gasteiger partial charge in [-0.15, -0.1) is 0 Å². The van der Waals surface area contributed by atoms with E-state index in [4.69, 9.17) is 40.5 Å². The van der Waals surface area contributed by atoms with E-state index in [-0.39, 0.29) is 0 Å². The van der Waals surface area contributed by atoms with Gasteiger partial charge in [0.25, 0.3) is 0 Å². The molecular weight excluding hydrogens is 329 g/mol. The Balaban J connectivity index is 2.15. The summed E-state index contributed by atoms with van der Waals surface area (Å²) in [4.78, 5) is 0. The first-order valence-corrected chi connectivity index (χ1v) is 7.25. The van der Waals surface area contributed by atoms with Crippen molar-refractivity contribution in [3.63, 3.8) is 0 Å². The molecule has 0 saturated heterocycles. The number of aromatic nitrogens is 2. The number of benzene rings is 2. The van der Waals surface area contributed by atoms with E-state index in [0.29, 0.717) is 26.6 Å². The molecule has 3 nitrogen and oxygen atoms in total. The lowest BCUT2D eigenvalue weighted by Gasteiger charge is -2.09. The van der Waals surface area contributed by atoms with Gasteiger partial charge in [-0.2, -0.15) is 5.10 Å². The van der Waals surface area contributed by atoms with E-state index in [9.17, 15) is 0 Å². The fourth-order valence-electron chi connectivity index (χ4n) is 2.06. The summed E-state index contributed by atoms with van der Waals surface area (Å²) in [6.07, 6.45) is 0. The molecule has 2 aromatic carbocycles. The number of nitrogen functional groups attached to an aromatic ring is 1. The van der Waals surface area contributed by atoms with Gasteiger partial charge < -0.3 is 5.73 Å². The lowest BCUT2D eigenvalue weighted by Crippen LogP contribution is -2.03. The molecule has 0 aliphatic heterocycles. The van der Waals surface area contributed by atoms with Gasteiger partial charge in [-0.25, -0.2) is 4.68 Å². The van der Waals surface area contributed by atoms with Crippen molar-refractivity contribution in [1.29, 1.82) is 0 Å². The quantitative estimate of drug-likeness (QED) is 0.708. The Kier molecular flexibility index (Phi) is 3.81. The Morgan fingerprint density at radius 1 is 0.905 bits per heavy atom. The maximum Gasteiger partial charge on any atom is 0.127 e. The maximum absolute atomic E-state index is 6.21. The first-order valence-electron chi connectivity index (χ1n) is 6.12. The van der Waals surface area contributed by atoms with Crippen molar-refractivity contribution in [3.8, 4) is 16.9 Å². The van der Waals surface area contributed by atoms with Crippen LogP contribution in [0.4, 0.5) is 5.82 Å². The van der Waals surface area contributed by atoms with Crippen LogP contribution in [-0.4, -0.2) is 9.78 Å². The molecule has 3 rings (SSSR count). The van der Waals surface area contributed by atoms with Crippen LogP contribution >= 0.6 is 34.8 Å². The van der Waals surface area contributed by atoms with Crippen molar-refractivity contribution in [3.05, 3.63) is 63.6 Å². The third-order valence-electron chi connectivity index (χ3n) is 3.00. The SMILES string of the molecule is Nc1cc(-c2ccccc2)nn1-c1c(Cl)cc(Cl)cc1Cl. The third kappa shape index (κ3) is 2.72. The lowest BCUT2D eigenvalue weighted by atomic mass is 10.2. The summed E-state index contributed by atoms with van der Waals surface area (Å²) in [6.45, 7) is 0. The average Bonchev–Trinajstić information content (AvgIpc) is 2.81. The maximum atomic E-state index is 6.21. The molecule has 21 heavy (non-hydrogen) atoms. The molecule has 106 valence electrons. The first-order chi connectivity index (χ1) is 10.1. The zero-order chi connectivity index (χ0) is 15.0. The third-order valence-corrected chi connectivity index (χ3v) is 3.79. The molecule has 1 aromatic heterocycles. The summed E-state index contributed by atoms with van der Waals surface area (Å²) < 4.78 is 1.52. The number of nitrogens with zero attached hydrogens (tertiary/aromatic N) is 2. The highest BCUT2D eigenvalue weighted by Gasteiger charge is 2.15. The van der Waals surface area contributed by atoms with Crippen LogP contribution in [-0.2, 0) is 0 Å². The fourth-order valence-corrected chi connectivity index (χ4v) is 3.04. The Morgan fingerprint density at radius 3 is 2.14 bits per heavy atom. The summed E-state index contributed by atoms with van der Waals surface area (Å²) in [5.41, 5.74) is 8.26. The molecule has 0 radical (unpaired) electrons. The van der Waals surface area contributed by atoms with E-state index in [1.807, 2.05) is 30.3 Å². The van der Waals surface area contributed by atoms with E-state index in [2.05, 4.69) is 5.10 Å². The van der Waals surface area contributed by atoms with Crippen molar-refractivity contribution in [2.75, 3.05) is 5.73 Å². The molecule has 0 saturated carbocycles. The molecule has 0 bridgehead atoms. The summed E-state index contributed by atoms with van der Waals surface area (Å²) in [7, 11) is 0. The Morgan fingerprint density at radius 2 is 1.52 bits per heavy atom. The largest absolute Gasteiger partial charge is 0.384 e. The Hall–Kier alpha value is -1.68. The molecule has 2 N–H and O–H groups in total. The molecular formula is C15H10Cl3N3. The van der Waals surface area contributed by atoms with Crippen molar-refractivity contribution in [1.82, 2.24) is 9.78 Å². The minimum atomic E-state index is 0.391. The summed E-state index contributed by atoms with van der Waals surface area (Å²) >= 11 is 18.3. The molecule has 0 fully saturated rings. The zero-order valence-corrected chi connectivity index (χ0v) is 13.0. The monoisotopic (exact) mass is 337 g/mol. The second-order valence-corrected chi connectivity index (χ2v) is 5.70. The number of hydrogen-bond acceptors (Lipinski definition) is 2. The number of nitrogens with two attached hydrogens (primary N) is 1. The minimum absolute atomic E-state index is 0.391. The molecule has 3 aromatic rings. The van der Waals surface area contributed by atoms with Gasteiger partial charge in [0.05, 0.1) is 15.7 Å². The van der Waals surface area contributed by atoms with E-state index in [1.54, 1.807) is 18.2 Å². The smallest absolute Gasteiger partial charge is 0.127 e. The normalized spacial score (nSPS) is 10.8. The number of hydrogen-bond donors (Lipinski definition) is 1. The molecule has 0 spiro atoms. The highest BCUT2D eigenvalue weighted by Crippen LogP contribution is 2.34. The van der Waals surface area contributed by atoms with Gasteiger partial charge in [-0.05, 0) is 12.1 Å². The summed E-state index contributed by atoms with van der Waals surface area (Å²) in [5, 5.41) is 5.72. The van der Waals surface area contributed by atoms with Crippen LogP contribution in [0.15, 0.2) is 48.5 Å². The van der Waals surface area contributed by atoms with Crippen LogP contribution in [0.3, 0.4) is 0 Å². The second-order valence-electron chi connectivity index (χ2n) is 4.45. The molecule has 1 heterocycles. The van der Waals surface area contributed by atoms with Crippen LogP contribution in [0.1, 0.15) is 0 Å². The van der Waals surface area contributed by atoms with E-state index in [0.717, 1.165) is 11.3 Å². The van der Waals surface area contributed by atoms with Crippen LogP contribution < -0.4 is 5.73 Å². The molecule has 6 heteroatoms. The van der Waals surface area contributed by atoms with Crippen molar-refractivity contribution >= 4 is 40.6 Å². The molecule has 0 unspecified atom stereocenters. The summed E-state index contributed by atoms with van der Waals surface area (Å²) in [5.74, 6) is 0.444. The van der Waals surface area contributed by atoms with Gasteiger partial charge in [0.1, 0.15) is 11.5 Å². The molecule has 0 atom stereocenters. The van der Waals surface area contributed by atoms with Gasteiger partial charge in [0.2, 0.25) is 0 Å². The van der Waals surface area contributed by atoms with Gasteiger partial charge in [0.15, 0.2) is 0 Å². The van der Waals surface area contributed by atoms with E-state index in [1.165, 1.54) is 4.68 Å². The number of anilines is 1. The van der Waals surface area contributed by atoms with Gasteiger partial charge >= 0.3 is 0 Å². The Labute approximate surface area is 136 Å². The van der Waals surface area contributed by atoms with Crippen LogP contribution in [0.25, 0.3) is 16.9 Å². The second kappa shape index (κ2) is 5.60. The van der Waals surface area contributed by atoms with Crippen molar-refractivity contribution < 1.29 is 0 Å². The zero-order valence-electron chi connectivity index (χ0n) is 10.7. The number of halogens is 3. The molecule has 0 aliphatic rings. The predicted octanol–water partition coefficient (Wildman–Crippen LogP) is 5.08. The van der Waals surface area contributed by atoms with Gasteiger partial charge in [-0.1, -0.05) is 65.1 Å². The topological polar surface area (TPSA) is 43.8 Å². The van der Waals surface area contributed by atoms with Crippen LogP contribution in [0, 0.1) is 0 Å². The molecule has 0 amide bonds. The predicted molar refractivity (Wildman–Crippen MR) is 88.4 cm³/mol. The standard InChI is InChI=1S/C15H10Cl3N3/c16-10-6-11(17)15(12(18)7-10)21-14(19)8-13(20-21)9-4-2-1-3-5-9/h1-8H,19H2. The molecule has 0 aliphatic carbocycles. The van der Waals surface area contributed by atoms with Gasteiger partial charge in [0, 0.05) is 16.7 Å². The fraction of sp³-hybridized carbons (Fsp3) is 0. The Bertz CT molecular complexity index is 774. The lowest BCUT2D eigenvalue weighted by molar-refractivity contribution is 0.895. The van der Waals surface area contributed by atoms with E-state index < -0.39 is 0 Å². The van der Waals surface area contributed by atoms with E-state index >= 15 is 0 Å². The van der Waals surface area contributed by atoms with Crippen LogP contribution in [0.5, 0.6) is 0 Å². The minimum Gasteiger partial charge on any atom is -0.384 e. The van der Waals surface area contributed by atoms with Crippen molar-refractivity contribution in [2.45, 2.75) is 0 Å². The number of rotatable bonds is 2. The summed E-state index contributed by atoms with van der Waals surface area (Å²) in [6, 6.07) is 14.7. The van der Waals surface area contributed by atoms with Crippen molar-refractivity contribution in [2.24, 2.45) is 0 Å². The van der Waals surface area contributed by atoms with Gasteiger partial charge in [-0.3, -0.25) is 0 Å². The highest BCUT2D eigenvalue weighted by molar-refractivity contribution is 6.40. The highest BCUT2D eigenvalue weighted by atomic mass is 35.5.